The van der Waals surface area contributed by atoms with Crippen LogP contribution in [0.15, 0.2) is 39.8 Å². The number of carbonyl (C=O) groups excluding carboxylic acids is 1. The van der Waals surface area contributed by atoms with Crippen molar-refractivity contribution in [3.8, 4) is 0 Å². The van der Waals surface area contributed by atoms with E-state index in [0.29, 0.717) is 5.76 Å². The summed E-state index contributed by atoms with van der Waals surface area (Å²) in [5, 5.41) is 46.4. The van der Waals surface area contributed by atoms with E-state index in [1.807, 2.05) is 0 Å². The van der Waals surface area contributed by atoms with Crippen molar-refractivity contribution in [1.29, 1.82) is 0 Å². The van der Waals surface area contributed by atoms with Gasteiger partial charge in [0.1, 0.15) is 29.0 Å². The number of furan rings is 1. The number of hydrogen-bond acceptors (Lipinski definition) is 11. The van der Waals surface area contributed by atoms with Crippen molar-refractivity contribution >= 4 is 39.3 Å². The first kappa shape index (κ1) is 24.9. The minimum atomic E-state index is -4.36. The van der Waals surface area contributed by atoms with Crippen molar-refractivity contribution in [2.45, 2.75) is 42.1 Å². The Kier molecular flexibility index (Phi) is 7.28. The molecule has 3 rings (SSSR count). The van der Waals surface area contributed by atoms with Crippen LogP contribution in [-0.2, 0) is 30.8 Å². The summed E-state index contributed by atoms with van der Waals surface area (Å²) in [7, 11) is -4.36. The van der Waals surface area contributed by atoms with Gasteiger partial charge in [0.25, 0.3) is 0 Å². The smallest absolute Gasteiger partial charge is 0.342 e. The van der Waals surface area contributed by atoms with Gasteiger partial charge in [-0.05, 0) is 24.3 Å². The number of carboxylic acids is 1. The quantitative estimate of drug-likeness (QED) is 0.255. The number of aliphatic hydroxyl groups excluding tert-OH is 3. The molecule has 1 aliphatic heterocycles. The van der Waals surface area contributed by atoms with E-state index in [1.165, 1.54) is 6.26 Å². The van der Waals surface area contributed by atoms with Gasteiger partial charge in [-0.2, -0.15) is 0 Å². The van der Waals surface area contributed by atoms with Crippen LogP contribution in [0.3, 0.4) is 0 Å². The number of carbonyl (C=O) groups is 2. The van der Waals surface area contributed by atoms with E-state index in [0.717, 1.165) is 12.1 Å². The first-order chi connectivity index (χ1) is 15.4. The van der Waals surface area contributed by atoms with Gasteiger partial charge in [0.2, 0.25) is 16.3 Å². The predicted octanol–water partition coefficient (Wildman–Crippen LogP) is -0.758. The number of rotatable bonds is 7. The minimum Gasteiger partial charge on any atom is -0.479 e. The van der Waals surface area contributed by atoms with Crippen molar-refractivity contribution in [2.75, 3.05) is 5.32 Å². The SMILES string of the molecule is NS(=O)(=O)c1cc(C(=O)O[C@@H]2O[C@H](C(=O)O)[C@@H](O)[C@@H](O)[C@H]2O)c(NCc2ccco2)cc1Cl. The lowest BCUT2D eigenvalue weighted by Gasteiger charge is -2.38. The van der Waals surface area contributed by atoms with Crippen LogP contribution in [-0.4, -0.2) is 71.5 Å². The van der Waals surface area contributed by atoms with Gasteiger partial charge in [-0.1, -0.05) is 11.6 Å². The van der Waals surface area contributed by atoms with E-state index in [1.54, 1.807) is 12.1 Å². The molecule has 1 saturated heterocycles. The highest BCUT2D eigenvalue weighted by atomic mass is 35.5. The molecular formula is C18H19ClN2O11S. The molecule has 180 valence electrons. The Labute approximate surface area is 191 Å². The number of carboxylic acid groups (broad SMARTS) is 1. The molecule has 33 heavy (non-hydrogen) atoms. The summed E-state index contributed by atoms with van der Waals surface area (Å²) in [5.41, 5.74) is -0.437. The summed E-state index contributed by atoms with van der Waals surface area (Å²) in [5.74, 6) is -2.51. The Bertz CT molecular complexity index is 1140. The predicted molar refractivity (Wildman–Crippen MR) is 109 cm³/mol. The molecule has 1 fully saturated rings. The summed E-state index contributed by atoms with van der Waals surface area (Å²) in [6.45, 7) is 0.0485. The number of nitrogens with one attached hydrogen (secondary N) is 1. The average Bonchev–Trinajstić information content (AvgIpc) is 3.25. The lowest BCUT2D eigenvalue weighted by molar-refractivity contribution is -0.278. The van der Waals surface area contributed by atoms with Gasteiger partial charge in [0.15, 0.2) is 6.10 Å². The zero-order valence-corrected chi connectivity index (χ0v) is 18.1. The third kappa shape index (κ3) is 5.44. The van der Waals surface area contributed by atoms with E-state index in [-0.39, 0.29) is 17.3 Å². The van der Waals surface area contributed by atoms with Gasteiger partial charge in [-0.15, -0.1) is 0 Å². The summed E-state index contributed by atoms with van der Waals surface area (Å²) >= 11 is 5.99. The molecule has 0 amide bonds. The molecule has 5 atom stereocenters. The van der Waals surface area contributed by atoms with Crippen LogP contribution in [0.4, 0.5) is 5.69 Å². The Morgan fingerprint density at radius 1 is 1.18 bits per heavy atom. The van der Waals surface area contributed by atoms with E-state index in [9.17, 15) is 33.3 Å². The molecule has 0 aliphatic carbocycles. The van der Waals surface area contributed by atoms with Crippen LogP contribution < -0.4 is 10.5 Å². The summed E-state index contributed by atoms with van der Waals surface area (Å²) in [6.07, 6.45) is -8.64. The van der Waals surface area contributed by atoms with Crippen LogP contribution in [0, 0.1) is 0 Å². The number of anilines is 1. The zero-order chi connectivity index (χ0) is 24.5. The lowest BCUT2D eigenvalue weighted by Crippen LogP contribution is -2.60. The molecule has 2 aromatic rings. The number of aliphatic carboxylic acids is 1. The zero-order valence-electron chi connectivity index (χ0n) is 16.5. The van der Waals surface area contributed by atoms with E-state index >= 15 is 0 Å². The van der Waals surface area contributed by atoms with E-state index in [2.05, 4.69) is 5.32 Å². The lowest BCUT2D eigenvalue weighted by atomic mass is 9.99. The molecular weight excluding hydrogens is 488 g/mol. The second-order valence-electron chi connectivity index (χ2n) is 6.95. The number of aliphatic hydroxyl groups is 3. The Morgan fingerprint density at radius 2 is 1.88 bits per heavy atom. The fourth-order valence-electron chi connectivity index (χ4n) is 3.00. The molecule has 13 nitrogen and oxygen atoms in total. The highest BCUT2D eigenvalue weighted by molar-refractivity contribution is 7.89. The van der Waals surface area contributed by atoms with Crippen LogP contribution in [0.2, 0.25) is 5.02 Å². The normalized spacial score (nSPS) is 25.4. The van der Waals surface area contributed by atoms with Crippen LogP contribution in [0.25, 0.3) is 0 Å². The second kappa shape index (κ2) is 9.64. The van der Waals surface area contributed by atoms with Gasteiger partial charge < -0.3 is 39.6 Å². The Balaban J connectivity index is 1.93. The van der Waals surface area contributed by atoms with Crippen molar-refractivity contribution in [2.24, 2.45) is 5.14 Å². The van der Waals surface area contributed by atoms with Gasteiger partial charge in [0.05, 0.1) is 29.1 Å². The molecule has 1 aromatic carbocycles. The molecule has 1 aliphatic rings. The van der Waals surface area contributed by atoms with E-state index in [4.69, 9.17) is 35.7 Å². The molecule has 7 N–H and O–H groups in total. The van der Waals surface area contributed by atoms with Crippen molar-refractivity contribution < 1.29 is 52.3 Å². The second-order valence-corrected chi connectivity index (χ2v) is 8.88. The highest BCUT2D eigenvalue weighted by Gasteiger charge is 2.48. The average molecular weight is 507 g/mol. The molecule has 1 aromatic heterocycles. The number of esters is 1. The summed E-state index contributed by atoms with van der Waals surface area (Å²) in [6, 6.07) is 5.15. The van der Waals surface area contributed by atoms with E-state index < -0.39 is 63.1 Å². The van der Waals surface area contributed by atoms with Crippen molar-refractivity contribution in [1.82, 2.24) is 0 Å². The Morgan fingerprint density at radius 3 is 2.45 bits per heavy atom. The fourth-order valence-corrected chi connectivity index (χ4v) is 4.10. The summed E-state index contributed by atoms with van der Waals surface area (Å²) in [4.78, 5) is 23.5. The largest absolute Gasteiger partial charge is 0.479 e. The first-order valence-electron chi connectivity index (χ1n) is 9.16. The van der Waals surface area contributed by atoms with Crippen molar-refractivity contribution in [3.05, 3.63) is 46.9 Å². The third-order valence-electron chi connectivity index (χ3n) is 4.67. The van der Waals surface area contributed by atoms with Crippen LogP contribution >= 0.6 is 11.6 Å². The van der Waals surface area contributed by atoms with Crippen molar-refractivity contribution in [3.63, 3.8) is 0 Å². The third-order valence-corrected chi connectivity index (χ3v) is 6.04. The number of nitrogens with two attached hydrogens (primary N) is 1. The Hall–Kier alpha value is -2.72. The maximum atomic E-state index is 12.8. The van der Waals surface area contributed by atoms with Gasteiger partial charge >= 0.3 is 11.9 Å². The molecule has 0 bridgehead atoms. The van der Waals surface area contributed by atoms with Crippen LogP contribution in [0.5, 0.6) is 0 Å². The minimum absolute atomic E-state index is 0.0190. The number of benzene rings is 1. The number of hydrogen-bond donors (Lipinski definition) is 6. The van der Waals surface area contributed by atoms with Gasteiger partial charge in [-0.25, -0.2) is 23.1 Å². The maximum absolute atomic E-state index is 12.8. The molecule has 0 saturated carbocycles. The monoisotopic (exact) mass is 506 g/mol. The molecule has 0 spiro atoms. The number of sulfonamides is 1. The first-order valence-corrected chi connectivity index (χ1v) is 11.1. The van der Waals surface area contributed by atoms with Gasteiger partial charge in [0, 0.05) is 0 Å². The summed E-state index contributed by atoms with van der Waals surface area (Å²) < 4.78 is 38.7. The van der Waals surface area contributed by atoms with Crippen LogP contribution in [0.1, 0.15) is 16.1 Å². The maximum Gasteiger partial charge on any atom is 0.342 e. The molecule has 0 radical (unpaired) electrons. The number of ether oxygens (including phenoxy) is 2. The molecule has 15 heteroatoms. The standard InChI is InChI=1S/C18H19ClN2O11S/c19-9-5-10(21-6-7-2-1-3-30-7)8(4-11(9)33(20,28)29)17(27)32-18-14(24)12(22)13(23)15(31-18)16(25)26/h1-5,12-15,18,21-24H,6H2,(H,25,26)(H2,20,28,29)/t12-,13+,14-,15+,18+/m1/s1. The topological polar surface area (TPSA) is 219 Å². The van der Waals surface area contributed by atoms with Gasteiger partial charge in [-0.3, -0.25) is 0 Å². The number of primary sulfonamides is 1. The molecule has 2 heterocycles. The number of halogens is 1. The highest BCUT2D eigenvalue weighted by Crippen LogP contribution is 2.31. The fraction of sp³-hybridized carbons (Fsp3) is 0.333. The molecule has 0 unspecified atom stereocenters.